The van der Waals surface area contributed by atoms with E-state index in [1.54, 1.807) is 6.07 Å². The summed E-state index contributed by atoms with van der Waals surface area (Å²) < 4.78 is 38.7. The molecule has 1 rings (SSSR count). The van der Waals surface area contributed by atoms with Gasteiger partial charge < -0.3 is 10.0 Å². The van der Waals surface area contributed by atoms with Crippen molar-refractivity contribution in [2.75, 3.05) is 18.0 Å². The van der Waals surface area contributed by atoms with E-state index in [0.717, 1.165) is 6.07 Å². The minimum atomic E-state index is -4.44. The maximum absolute atomic E-state index is 12.9. The summed E-state index contributed by atoms with van der Waals surface area (Å²) in [6, 6.07) is 4.10. The monoisotopic (exact) mass is 275 g/mol. The van der Waals surface area contributed by atoms with E-state index in [4.69, 9.17) is 5.11 Å². The van der Waals surface area contributed by atoms with Gasteiger partial charge in [0.15, 0.2) is 0 Å². The molecule has 0 aliphatic heterocycles. The third kappa shape index (κ3) is 4.13. The van der Waals surface area contributed by atoms with E-state index >= 15 is 0 Å². The highest BCUT2D eigenvalue weighted by molar-refractivity contribution is 5.51. The molecule has 0 unspecified atom stereocenters. The molecule has 0 fully saturated rings. The van der Waals surface area contributed by atoms with Crippen molar-refractivity contribution >= 4 is 5.69 Å². The predicted molar refractivity (Wildman–Crippen MR) is 70.1 cm³/mol. The lowest BCUT2D eigenvalue weighted by Gasteiger charge is -2.26. The molecule has 0 aliphatic rings. The van der Waals surface area contributed by atoms with Gasteiger partial charge in [-0.25, -0.2) is 0 Å². The van der Waals surface area contributed by atoms with Crippen LogP contribution in [0.1, 0.15) is 31.9 Å². The van der Waals surface area contributed by atoms with Crippen LogP contribution in [-0.2, 0) is 12.8 Å². The van der Waals surface area contributed by atoms with Crippen LogP contribution in [0.4, 0.5) is 18.9 Å². The van der Waals surface area contributed by atoms with Gasteiger partial charge in [-0.05, 0) is 30.5 Å². The van der Waals surface area contributed by atoms with Gasteiger partial charge in [-0.3, -0.25) is 0 Å². The molecule has 0 spiro atoms. The summed E-state index contributed by atoms with van der Waals surface area (Å²) in [6.07, 6.45) is -4.44. The Kier molecular flexibility index (Phi) is 5.23. The van der Waals surface area contributed by atoms with Crippen LogP contribution in [0.3, 0.4) is 0 Å². The van der Waals surface area contributed by atoms with Gasteiger partial charge in [0.25, 0.3) is 0 Å². The van der Waals surface area contributed by atoms with Gasteiger partial charge in [0.05, 0.1) is 12.2 Å². The molecule has 1 N–H and O–H groups in total. The van der Waals surface area contributed by atoms with Gasteiger partial charge in [-0.1, -0.05) is 19.9 Å². The Morgan fingerprint density at radius 2 is 1.89 bits per heavy atom. The Morgan fingerprint density at radius 1 is 1.26 bits per heavy atom. The molecule has 0 heterocycles. The van der Waals surface area contributed by atoms with E-state index in [2.05, 4.69) is 0 Å². The first-order chi connectivity index (χ1) is 8.79. The number of alkyl halides is 3. The molecule has 2 nitrogen and oxygen atoms in total. The Hall–Kier alpha value is -1.23. The van der Waals surface area contributed by atoms with Crippen molar-refractivity contribution in [3.05, 3.63) is 29.3 Å². The average Bonchev–Trinajstić information content (AvgIpc) is 2.34. The summed E-state index contributed by atoms with van der Waals surface area (Å²) in [7, 11) is 0. The van der Waals surface area contributed by atoms with E-state index in [0.29, 0.717) is 24.7 Å². The SMILES string of the molecule is CCN(CC(C)C)c1ccc(CO)c(C(F)(F)F)c1. The Bertz CT molecular complexity index is 416. The second-order valence-electron chi connectivity index (χ2n) is 4.93. The molecule has 0 aliphatic carbocycles. The number of aliphatic hydroxyl groups excluding tert-OH is 1. The zero-order chi connectivity index (χ0) is 14.6. The fourth-order valence-corrected chi connectivity index (χ4v) is 2.02. The van der Waals surface area contributed by atoms with E-state index in [1.165, 1.54) is 6.07 Å². The fraction of sp³-hybridized carbons (Fsp3) is 0.571. The molecule has 1 aromatic rings. The van der Waals surface area contributed by atoms with Crippen molar-refractivity contribution in [1.82, 2.24) is 0 Å². The molecule has 0 aromatic heterocycles. The van der Waals surface area contributed by atoms with Crippen LogP contribution in [0.2, 0.25) is 0 Å². The number of rotatable bonds is 5. The van der Waals surface area contributed by atoms with Crippen LogP contribution in [0, 0.1) is 5.92 Å². The van der Waals surface area contributed by atoms with E-state index in [9.17, 15) is 13.2 Å². The molecular weight excluding hydrogens is 255 g/mol. The third-order valence-electron chi connectivity index (χ3n) is 2.90. The smallest absolute Gasteiger partial charge is 0.392 e. The van der Waals surface area contributed by atoms with Crippen LogP contribution < -0.4 is 4.90 Å². The van der Waals surface area contributed by atoms with Gasteiger partial charge in [-0.15, -0.1) is 0 Å². The number of halogens is 3. The minimum Gasteiger partial charge on any atom is -0.392 e. The molecule has 19 heavy (non-hydrogen) atoms. The zero-order valence-corrected chi connectivity index (χ0v) is 11.5. The van der Waals surface area contributed by atoms with Crippen molar-refractivity contribution < 1.29 is 18.3 Å². The fourth-order valence-electron chi connectivity index (χ4n) is 2.02. The van der Waals surface area contributed by atoms with Gasteiger partial charge >= 0.3 is 6.18 Å². The standard InChI is InChI=1S/C14H20F3NO/c1-4-18(8-10(2)3)12-6-5-11(9-19)13(7-12)14(15,16)17/h5-7,10,19H,4,8-9H2,1-3H3. The first-order valence-electron chi connectivity index (χ1n) is 6.35. The molecule has 0 amide bonds. The quantitative estimate of drug-likeness (QED) is 0.886. The summed E-state index contributed by atoms with van der Waals surface area (Å²) in [5.41, 5.74) is -0.299. The minimum absolute atomic E-state index is 0.0862. The summed E-state index contributed by atoms with van der Waals surface area (Å²) in [6.45, 7) is 6.70. The molecule has 5 heteroatoms. The average molecular weight is 275 g/mol. The normalized spacial score (nSPS) is 12.0. The highest BCUT2D eigenvalue weighted by atomic mass is 19.4. The second kappa shape index (κ2) is 6.28. The summed E-state index contributed by atoms with van der Waals surface area (Å²) in [4.78, 5) is 1.90. The van der Waals surface area contributed by atoms with E-state index < -0.39 is 18.3 Å². The van der Waals surface area contributed by atoms with E-state index in [1.807, 2.05) is 25.7 Å². The number of aliphatic hydroxyl groups is 1. The highest BCUT2D eigenvalue weighted by Gasteiger charge is 2.33. The molecule has 0 bridgehead atoms. The van der Waals surface area contributed by atoms with Crippen molar-refractivity contribution in [1.29, 1.82) is 0 Å². The van der Waals surface area contributed by atoms with Crippen LogP contribution in [0.15, 0.2) is 18.2 Å². The highest BCUT2D eigenvalue weighted by Crippen LogP contribution is 2.34. The molecule has 0 saturated carbocycles. The van der Waals surface area contributed by atoms with Crippen LogP contribution in [-0.4, -0.2) is 18.2 Å². The molecule has 0 saturated heterocycles. The van der Waals surface area contributed by atoms with Gasteiger partial charge in [0, 0.05) is 18.8 Å². The summed E-state index contributed by atoms with van der Waals surface area (Å²) >= 11 is 0. The number of benzene rings is 1. The first-order valence-corrected chi connectivity index (χ1v) is 6.35. The van der Waals surface area contributed by atoms with Crippen molar-refractivity contribution in [2.45, 2.75) is 33.6 Å². The molecule has 108 valence electrons. The Labute approximate surface area is 111 Å². The lowest BCUT2D eigenvalue weighted by atomic mass is 10.1. The summed E-state index contributed by atoms with van der Waals surface area (Å²) in [5.74, 6) is 0.367. The zero-order valence-electron chi connectivity index (χ0n) is 11.5. The van der Waals surface area contributed by atoms with Crippen LogP contribution in [0.25, 0.3) is 0 Å². The maximum Gasteiger partial charge on any atom is 0.416 e. The van der Waals surface area contributed by atoms with Crippen molar-refractivity contribution in [3.8, 4) is 0 Å². The molecule has 1 aromatic carbocycles. The van der Waals surface area contributed by atoms with Gasteiger partial charge in [0.2, 0.25) is 0 Å². The van der Waals surface area contributed by atoms with Crippen molar-refractivity contribution in [2.24, 2.45) is 5.92 Å². The first kappa shape index (κ1) is 15.8. The molecule has 0 atom stereocenters. The third-order valence-corrected chi connectivity index (χ3v) is 2.90. The topological polar surface area (TPSA) is 23.5 Å². The second-order valence-corrected chi connectivity index (χ2v) is 4.93. The molecule has 0 radical (unpaired) electrons. The number of anilines is 1. The lowest BCUT2D eigenvalue weighted by molar-refractivity contribution is -0.138. The Morgan fingerprint density at radius 3 is 2.32 bits per heavy atom. The maximum atomic E-state index is 12.9. The van der Waals surface area contributed by atoms with Crippen LogP contribution in [0.5, 0.6) is 0 Å². The largest absolute Gasteiger partial charge is 0.416 e. The van der Waals surface area contributed by atoms with E-state index in [-0.39, 0.29) is 5.56 Å². The van der Waals surface area contributed by atoms with Gasteiger partial charge in [-0.2, -0.15) is 13.2 Å². The summed E-state index contributed by atoms with van der Waals surface area (Å²) in [5, 5.41) is 9.00. The van der Waals surface area contributed by atoms with Crippen LogP contribution >= 0.6 is 0 Å². The number of hydrogen-bond acceptors (Lipinski definition) is 2. The van der Waals surface area contributed by atoms with Gasteiger partial charge in [0.1, 0.15) is 0 Å². The van der Waals surface area contributed by atoms with Crippen molar-refractivity contribution in [3.63, 3.8) is 0 Å². The Balaban J connectivity index is 3.16. The number of nitrogens with zero attached hydrogens (tertiary/aromatic N) is 1. The lowest BCUT2D eigenvalue weighted by Crippen LogP contribution is -2.27. The predicted octanol–water partition coefficient (Wildman–Crippen LogP) is 3.68. The number of hydrogen-bond donors (Lipinski definition) is 1. The molecular formula is C14H20F3NO.